The number of carbonyl (C=O) groups excluding carboxylic acids is 2. The van der Waals surface area contributed by atoms with Crippen LogP contribution in [0.4, 0.5) is 0 Å². The summed E-state index contributed by atoms with van der Waals surface area (Å²) >= 11 is 6.98. The maximum absolute atomic E-state index is 12.2. The second kappa shape index (κ2) is 9.52. The molecular formula is C20H18ClN3O3S. The Labute approximate surface area is 171 Å². The van der Waals surface area contributed by atoms with Crippen LogP contribution in [0.25, 0.3) is 11.5 Å². The van der Waals surface area contributed by atoms with Crippen LogP contribution in [0.3, 0.4) is 0 Å². The molecule has 2 aromatic carbocycles. The molecule has 0 aliphatic carbocycles. The molecular weight excluding hydrogens is 398 g/mol. The molecule has 1 heterocycles. The molecule has 0 aliphatic heterocycles. The third-order valence-corrected chi connectivity index (χ3v) is 5.00. The van der Waals surface area contributed by atoms with Gasteiger partial charge < -0.3 is 9.73 Å². The van der Waals surface area contributed by atoms with Gasteiger partial charge in [-0.1, -0.05) is 53.7 Å². The fourth-order valence-corrected chi connectivity index (χ4v) is 3.19. The lowest BCUT2D eigenvalue weighted by Crippen LogP contribution is -2.42. The molecule has 28 heavy (non-hydrogen) atoms. The van der Waals surface area contributed by atoms with Crippen molar-refractivity contribution in [2.75, 3.05) is 5.75 Å². The number of halogens is 1. The van der Waals surface area contributed by atoms with Crippen molar-refractivity contribution in [3.05, 3.63) is 65.2 Å². The van der Waals surface area contributed by atoms with E-state index in [-0.39, 0.29) is 22.7 Å². The van der Waals surface area contributed by atoms with Crippen molar-refractivity contribution in [3.8, 4) is 11.5 Å². The van der Waals surface area contributed by atoms with E-state index in [4.69, 9.17) is 16.0 Å². The molecule has 3 rings (SSSR count). The standard InChI is InChI=1S/C20H18ClN3O3S/c1-13(25)17(11-14-5-3-2-4-6-14)22-18(26)12-28-20-24-23-19(27-20)15-7-9-16(21)10-8-15/h2-10,17H,11-12H2,1H3,(H,22,26)/t17-/m1/s1. The van der Waals surface area contributed by atoms with Crippen LogP contribution in [0.2, 0.25) is 5.02 Å². The number of hydrogen-bond acceptors (Lipinski definition) is 6. The van der Waals surface area contributed by atoms with Crippen LogP contribution in [-0.2, 0) is 16.0 Å². The lowest BCUT2D eigenvalue weighted by Gasteiger charge is -2.15. The Hall–Kier alpha value is -2.64. The third kappa shape index (κ3) is 5.68. The zero-order chi connectivity index (χ0) is 19.9. The largest absolute Gasteiger partial charge is 0.411 e. The molecule has 0 unspecified atom stereocenters. The second-order valence-electron chi connectivity index (χ2n) is 6.09. The Morgan fingerprint density at radius 3 is 2.50 bits per heavy atom. The monoisotopic (exact) mass is 415 g/mol. The van der Waals surface area contributed by atoms with E-state index >= 15 is 0 Å². The lowest BCUT2D eigenvalue weighted by molar-refractivity contribution is -0.125. The maximum atomic E-state index is 12.2. The summed E-state index contributed by atoms with van der Waals surface area (Å²) in [5.41, 5.74) is 1.73. The van der Waals surface area contributed by atoms with Crippen LogP contribution in [0.15, 0.2) is 64.2 Å². The number of amides is 1. The Bertz CT molecular complexity index is 945. The molecule has 0 radical (unpaired) electrons. The number of nitrogens with one attached hydrogen (secondary N) is 1. The highest BCUT2D eigenvalue weighted by Crippen LogP contribution is 2.24. The molecule has 8 heteroatoms. The molecule has 0 fully saturated rings. The van der Waals surface area contributed by atoms with Crippen molar-refractivity contribution in [1.82, 2.24) is 15.5 Å². The van der Waals surface area contributed by atoms with Crippen molar-refractivity contribution in [1.29, 1.82) is 0 Å². The minimum atomic E-state index is -0.567. The van der Waals surface area contributed by atoms with E-state index in [2.05, 4.69) is 15.5 Å². The number of nitrogens with zero attached hydrogens (tertiary/aromatic N) is 2. The normalized spacial score (nSPS) is 11.8. The van der Waals surface area contributed by atoms with Gasteiger partial charge in [0.1, 0.15) is 0 Å². The molecule has 1 aromatic heterocycles. The zero-order valence-corrected chi connectivity index (χ0v) is 16.7. The van der Waals surface area contributed by atoms with Crippen LogP contribution < -0.4 is 5.32 Å². The number of carbonyl (C=O) groups is 2. The number of Topliss-reactive ketones (excluding diaryl/α,β-unsaturated/α-hetero) is 1. The van der Waals surface area contributed by atoms with Crippen LogP contribution in [0.5, 0.6) is 0 Å². The molecule has 3 aromatic rings. The number of thioether (sulfide) groups is 1. The van der Waals surface area contributed by atoms with Gasteiger partial charge in [-0.25, -0.2) is 0 Å². The van der Waals surface area contributed by atoms with E-state index in [0.717, 1.165) is 22.9 Å². The Morgan fingerprint density at radius 1 is 1.11 bits per heavy atom. The molecule has 6 nitrogen and oxygen atoms in total. The number of ketones is 1. The number of rotatable bonds is 8. The summed E-state index contributed by atoms with van der Waals surface area (Å²) in [5.74, 6) is 0.0588. The average Bonchev–Trinajstić information content (AvgIpc) is 3.16. The van der Waals surface area contributed by atoms with E-state index < -0.39 is 6.04 Å². The average molecular weight is 416 g/mol. The predicted octanol–water partition coefficient (Wildman–Crippen LogP) is 3.80. The summed E-state index contributed by atoms with van der Waals surface area (Å²) in [4.78, 5) is 24.1. The first kappa shape index (κ1) is 20.1. The maximum Gasteiger partial charge on any atom is 0.277 e. The molecule has 0 spiro atoms. The quantitative estimate of drug-likeness (QED) is 0.563. The molecule has 1 N–H and O–H groups in total. The lowest BCUT2D eigenvalue weighted by atomic mass is 10.0. The molecule has 144 valence electrons. The minimum Gasteiger partial charge on any atom is -0.411 e. The fraction of sp³-hybridized carbons (Fsp3) is 0.200. The topological polar surface area (TPSA) is 85.1 Å². The van der Waals surface area contributed by atoms with E-state index in [1.807, 2.05) is 30.3 Å². The first-order chi connectivity index (χ1) is 13.5. The Kier molecular flexibility index (Phi) is 6.84. The van der Waals surface area contributed by atoms with Gasteiger partial charge in [-0.05, 0) is 43.2 Å². The zero-order valence-electron chi connectivity index (χ0n) is 15.1. The van der Waals surface area contributed by atoms with Gasteiger partial charge in [0.25, 0.3) is 5.22 Å². The number of aromatic nitrogens is 2. The van der Waals surface area contributed by atoms with Gasteiger partial charge in [0.2, 0.25) is 11.8 Å². The van der Waals surface area contributed by atoms with Crippen LogP contribution >= 0.6 is 23.4 Å². The SMILES string of the molecule is CC(=O)[C@@H](Cc1ccccc1)NC(=O)CSc1nnc(-c2ccc(Cl)cc2)o1. The summed E-state index contributed by atoms with van der Waals surface area (Å²) < 4.78 is 5.56. The smallest absolute Gasteiger partial charge is 0.277 e. The van der Waals surface area contributed by atoms with Gasteiger partial charge >= 0.3 is 0 Å². The number of hydrogen-bond donors (Lipinski definition) is 1. The van der Waals surface area contributed by atoms with Gasteiger partial charge in [0, 0.05) is 10.6 Å². The van der Waals surface area contributed by atoms with Gasteiger partial charge in [-0.3, -0.25) is 9.59 Å². The summed E-state index contributed by atoms with van der Waals surface area (Å²) in [5, 5.41) is 11.6. The summed E-state index contributed by atoms with van der Waals surface area (Å²) in [7, 11) is 0. The Balaban J connectivity index is 1.54. The first-order valence-corrected chi connectivity index (χ1v) is 9.93. The first-order valence-electron chi connectivity index (χ1n) is 8.57. The highest BCUT2D eigenvalue weighted by molar-refractivity contribution is 7.99. The second-order valence-corrected chi connectivity index (χ2v) is 7.45. The van der Waals surface area contributed by atoms with E-state index in [9.17, 15) is 9.59 Å². The molecule has 1 amide bonds. The van der Waals surface area contributed by atoms with Gasteiger partial charge in [0.15, 0.2) is 5.78 Å². The van der Waals surface area contributed by atoms with Crippen molar-refractivity contribution in [2.45, 2.75) is 24.6 Å². The highest BCUT2D eigenvalue weighted by atomic mass is 35.5. The van der Waals surface area contributed by atoms with E-state index in [1.54, 1.807) is 24.3 Å². The van der Waals surface area contributed by atoms with Crippen LogP contribution in [0, 0.1) is 0 Å². The molecule has 0 saturated heterocycles. The van der Waals surface area contributed by atoms with Crippen LogP contribution in [0.1, 0.15) is 12.5 Å². The van der Waals surface area contributed by atoms with E-state index in [1.165, 1.54) is 6.92 Å². The van der Waals surface area contributed by atoms with Crippen molar-refractivity contribution < 1.29 is 14.0 Å². The molecule has 0 aliphatic rings. The summed E-state index contributed by atoms with van der Waals surface area (Å²) in [6.45, 7) is 1.47. The van der Waals surface area contributed by atoms with Gasteiger partial charge in [0.05, 0.1) is 11.8 Å². The fourth-order valence-electron chi connectivity index (χ4n) is 2.49. The molecule has 0 saturated carbocycles. The summed E-state index contributed by atoms with van der Waals surface area (Å²) in [6, 6.07) is 16.0. The van der Waals surface area contributed by atoms with Crippen molar-refractivity contribution in [3.63, 3.8) is 0 Å². The van der Waals surface area contributed by atoms with Crippen LogP contribution in [-0.4, -0.2) is 33.7 Å². The highest BCUT2D eigenvalue weighted by Gasteiger charge is 2.18. The van der Waals surface area contributed by atoms with Crippen molar-refractivity contribution in [2.24, 2.45) is 0 Å². The van der Waals surface area contributed by atoms with Gasteiger partial charge in [-0.2, -0.15) is 0 Å². The van der Waals surface area contributed by atoms with Gasteiger partial charge in [-0.15, -0.1) is 10.2 Å². The summed E-state index contributed by atoms with van der Waals surface area (Å²) in [6.07, 6.45) is 0.452. The van der Waals surface area contributed by atoms with Crippen molar-refractivity contribution >= 4 is 35.1 Å². The Morgan fingerprint density at radius 2 is 1.82 bits per heavy atom. The molecule has 1 atom stereocenters. The molecule has 0 bridgehead atoms. The number of benzene rings is 2. The van der Waals surface area contributed by atoms with E-state index in [0.29, 0.717) is 17.3 Å². The minimum absolute atomic E-state index is 0.0703. The predicted molar refractivity (Wildman–Crippen MR) is 108 cm³/mol. The third-order valence-electron chi connectivity index (χ3n) is 3.93.